The van der Waals surface area contributed by atoms with E-state index in [1.807, 2.05) is 0 Å². The number of hydrogen-bond acceptors (Lipinski definition) is 2. The molecule has 3 rings (SSSR count). The van der Waals surface area contributed by atoms with Gasteiger partial charge in [0.25, 0.3) is 0 Å². The van der Waals surface area contributed by atoms with Gasteiger partial charge in [0.1, 0.15) is 5.52 Å². The topological polar surface area (TPSA) is 50.2 Å². The molecule has 0 saturated carbocycles. The van der Waals surface area contributed by atoms with Crippen LogP contribution >= 0.6 is 34.8 Å². The van der Waals surface area contributed by atoms with Crippen molar-refractivity contribution in [2.75, 3.05) is 0 Å². The van der Waals surface area contributed by atoms with E-state index in [-0.39, 0.29) is 32.2 Å². The molecule has 0 aliphatic carbocycles. The van der Waals surface area contributed by atoms with E-state index in [2.05, 4.69) is 4.98 Å². The zero-order valence-corrected chi connectivity index (χ0v) is 13.5. The van der Waals surface area contributed by atoms with E-state index >= 15 is 0 Å². The molecule has 0 spiro atoms. The van der Waals surface area contributed by atoms with Gasteiger partial charge in [-0.05, 0) is 36.4 Å². The average molecular weight is 371 g/mol. The third-order valence-electron chi connectivity index (χ3n) is 3.27. The van der Waals surface area contributed by atoms with Crippen molar-refractivity contribution in [3.63, 3.8) is 0 Å². The van der Waals surface area contributed by atoms with Crippen molar-refractivity contribution < 1.29 is 14.3 Å². The number of carboxylic acids is 1. The molecule has 7 heteroatoms. The molecule has 1 aromatic heterocycles. The number of nitrogens with zero attached hydrogens (tertiary/aromatic N) is 1. The Morgan fingerprint density at radius 1 is 1.04 bits per heavy atom. The molecule has 3 nitrogen and oxygen atoms in total. The number of aromatic carboxylic acids is 1. The first-order chi connectivity index (χ1) is 10.9. The molecule has 0 amide bonds. The lowest BCUT2D eigenvalue weighted by molar-refractivity contribution is 0.0699. The Morgan fingerprint density at radius 2 is 1.78 bits per heavy atom. The number of carbonyl (C=O) groups is 1. The van der Waals surface area contributed by atoms with E-state index in [0.717, 1.165) is 6.07 Å². The maximum Gasteiger partial charge on any atom is 0.336 e. The quantitative estimate of drug-likeness (QED) is 0.629. The summed E-state index contributed by atoms with van der Waals surface area (Å²) >= 11 is 17.8. The first kappa shape index (κ1) is 16.0. The van der Waals surface area contributed by atoms with Crippen molar-refractivity contribution in [3.05, 3.63) is 62.8 Å². The molecule has 1 heterocycles. The number of pyridine rings is 1. The van der Waals surface area contributed by atoms with E-state index in [4.69, 9.17) is 34.8 Å². The molecule has 0 fully saturated rings. The third kappa shape index (κ3) is 2.98. The van der Waals surface area contributed by atoms with Gasteiger partial charge in [-0.2, -0.15) is 0 Å². The van der Waals surface area contributed by atoms with Crippen LogP contribution in [0.4, 0.5) is 4.39 Å². The van der Waals surface area contributed by atoms with Crippen LogP contribution in [-0.4, -0.2) is 16.1 Å². The molecule has 3 aromatic rings. The molecule has 0 radical (unpaired) electrons. The van der Waals surface area contributed by atoms with Gasteiger partial charge in [-0.15, -0.1) is 0 Å². The number of rotatable bonds is 2. The molecule has 0 saturated heterocycles. The summed E-state index contributed by atoms with van der Waals surface area (Å²) in [6.07, 6.45) is 0. The molecular formula is C16H7Cl3FNO2. The minimum atomic E-state index is -1.22. The highest BCUT2D eigenvalue weighted by molar-refractivity contribution is 6.36. The highest BCUT2D eigenvalue weighted by atomic mass is 35.5. The standard InChI is InChI=1S/C16H7Cl3FNO2/c17-7-1-2-9(12(19)4-7)14-6-11(16(22)23)10-3-8(18)5-13(20)15(10)21-14/h1-6H,(H,22,23). The monoisotopic (exact) mass is 369 g/mol. The molecule has 0 aliphatic rings. The predicted octanol–water partition coefficient (Wildman–Crippen LogP) is 5.70. The lowest BCUT2D eigenvalue weighted by atomic mass is 10.0. The normalized spacial score (nSPS) is 11.0. The molecule has 0 unspecified atom stereocenters. The second-order valence-corrected chi connectivity index (χ2v) is 6.05. The molecule has 0 atom stereocenters. The predicted molar refractivity (Wildman–Crippen MR) is 89.1 cm³/mol. The van der Waals surface area contributed by atoms with Gasteiger partial charge in [-0.25, -0.2) is 14.2 Å². The van der Waals surface area contributed by atoms with Gasteiger partial charge in [-0.3, -0.25) is 0 Å². The Morgan fingerprint density at radius 3 is 2.43 bits per heavy atom. The summed E-state index contributed by atoms with van der Waals surface area (Å²) in [5.41, 5.74) is 0.486. The average Bonchev–Trinajstić information content (AvgIpc) is 2.46. The van der Waals surface area contributed by atoms with Crippen LogP contribution in [0.1, 0.15) is 10.4 Å². The molecule has 0 bridgehead atoms. The lowest BCUT2D eigenvalue weighted by Gasteiger charge is -2.10. The Hall–Kier alpha value is -1.88. The van der Waals surface area contributed by atoms with Crippen molar-refractivity contribution in [2.45, 2.75) is 0 Å². The SMILES string of the molecule is O=C(O)c1cc(-c2ccc(Cl)cc2Cl)nc2c(F)cc(Cl)cc12. The van der Waals surface area contributed by atoms with Crippen molar-refractivity contribution in [3.8, 4) is 11.3 Å². The van der Waals surface area contributed by atoms with E-state index in [1.165, 1.54) is 18.2 Å². The van der Waals surface area contributed by atoms with Crippen molar-refractivity contribution in [1.29, 1.82) is 0 Å². The van der Waals surface area contributed by atoms with E-state index in [1.54, 1.807) is 12.1 Å². The van der Waals surface area contributed by atoms with Crippen LogP contribution in [0.5, 0.6) is 0 Å². The van der Waals surface area contributed by atoms with Crippen LogP contribution in [0.15, 0.2) is 36.4 Å². The van der Waals surface area contributed by atoms with Crippen LogP contribution in [0.3, 0.4) is 0 Å². The fourth-order valence-electron chi connectivity index (χ4n) is 2.26. The minimum Gasteiger partial charge on any atom is -0.478 e. The Bertz CT molecular complexity index is 960. The molecule has 116 valence electrons. The number of hydrogen-bond donors (Lipinski definition) is 1. The lowest BCUT2D eigenvalue weighted by Crippen LogP contribution is -2.01. The van der Waals surface area contributed by atoms with Crippen LogP contribution in [0, 0.1) is 5.82 Å². The minimum absolute atomic E-state index is 0.0877. The number of aromatic nitrogens is 1. The molecule has 23 heavy (non-hydrogen) atoms. The maximum absolute atomic E-state index is 14.2. The van der Waals surface area contributed by atoms with Crippen molar-refractivity contribution >= 4 is 51.7 Å². The molecule has 2 aromatic carbocycles. The summed E-state index contributed by atoms with van der Waals surface area (Å²) < 4.78 is 14.2. The zero-order chi connectivity index (χ0) is 16.7. The molecule has 0 aliphatic heterocycles. The van der Waals surface area contributed by atoms with Crippen molar-refractivity contribution in [2.24, 2.45) is 0 Å². The van der Waals surface area contributed by atoms with Gasteiger partial charge in [0.2, 0.25) is 0 Å². The first-order valence-electron chi connectivity index (χ1n) is 6.35. The second kappa shape index (κ2) is 5.96. The van der Waals surface area contributed by atoms with Gasteiger partial charge >= 0.3 is 5.97 Å². The Balaban J connectivity index is 2.37. The van der Waals surface area contributed by atoms with Crippen molar-refractivity contribution in [1.82, 2.24) is 4.98 Å². The fourth-order valence-corrected chi connectivity index (χ4v) is 2.97. The van der Waals surface area contributed by atoms with Crippen LogP contribution in [0.2, 0.25) is 15.1 Å². The number of halogens is 4. The van der Waals surface area contributed by atoms with Gasteiger partial charge < -0.3 is 5.11 Å². The highest BCUT2D eigenvalue weighted by Crippen LogP contribution is 2.33. The van der Waals surface area contributed by atoms with Crippen LogP contribution in [0.25, 0.3) is 22.2 Å². The van der Waals surface area contributed by atoms with E-state index < -0.39 is 11.8 Å². The van der Waals surface area contributed by atoms with Gasteiger partial charge in [-0.1, -0.05) is 34.8 Å². The number of carboxylic acid groups (broad SMARTS) is 1. The summed E-state index contributed by atoms with van der Waals surface area (Å²) in [6.45, 7) is 0. The number of benzene rings is 2. The Kier molecular flexibility index (Phi) is 4.15. The molecular weight excluding hydrogens is 364 g/mol. The zero-order valence-electron chi connectivity index (χ0n) is 11.3. The second-order valence-electron chi connectivity index (χ2n) is 4.77. The fraction of sp³-hybridized carbons (Fsp3) is 0. The van der Waals surface area contributed by atoms with Crippen LogP contribution < -0.4 is 0 Å². The van der Waals surface area contributed by atoms with E-state index in [9.17, 15) is 14.3 Å². The summed E-state index contributed by atoms with van der Waals surface area (Å²) in [7, 11) is 0. The summed E-state index contributed by atoms with van der Waals surface area (Å²) in [5, 5.41) is 10.3. The number of fused-ring (bicyclic) bond motifs is 1. The first-order valence-corrected chi connectivity index (χ1v) is 7.48. The van der Waals surface area contributed by atoms with Gasteiger partial charge in [0, 0.05) is 21.0 Å². The van der Waals surface area contributed by atoms with Gasteiger partial charge in [0.05, 0.1) is 16.3 Å². The van der Waals surface area contributed by atoms with E-state index in [0.29, 0.717) is 10.6 Å². The summed E-state index contributed by atoms with van der Waals surface area (Å²) in [6, 6.07) is 8.46. The maximum atomic E-state index is 14.2. The summed E-state index contributed by atoms with van der Waals surface area (Å²) in [4.78, 5) is 15.7. The smallest absolute Gasteiger partial charge is 0.336 e. The van der Waals surface area contributed by atoms with Gasteiger partial charge in [0.15, 0.2) is 5.82 Å². The Labute approximate surface area is 145 Å². The van der Waals surface area contributed by atoms with Crippen LogP contribution in [-0.2, 0) is 0 Å². The third-order valence-corrected chi connectivity index (χ3v) is 4.04. The highest BCUT2D eigenvalue weighted by Gasteiger charge is 2.17. The molecule has 1 N–H and O–H groups in total. The summed E-state index contributed by atoms with van der Waals surface area (Å²) in [5.74, 6) is -1.92. The largest absolute Gasteiger partial charge is 0.478 e.